The molecule has 11 heavy (non-hydrogen) atoms. The van der Waals surface area contributed by atoms with Crippen molar-refractivity contribution in [1.82, 2.24) is 0 Å². The molecule has 0 unspecified atom stereocenters. The van der Waals surface area contributed by atoms with E-state index in [2.05, 4.69) is 28.6 Å². The lowest BCUT2D eigenvalue weighted by atomic mass is 10.2. The first-order valence-electron chi connectivity index (χ1n) is 2.89. The van der Waals surface area contributed by atoms with Crippen molar-refractivity contribution < 1.29 is 4.79 Å². The Morgan fingerprint density at radius 2 is 2.18 bits per heavy atom. The fourth-order valence-corrected chi connectivity index (χ4v) is 1.32. The molecule has 0 saturated carbocycles. The van der Waals surface area contributed by atoms with Crippen molar-refractivity contribution in [3.8, 4) is 0 Å². The van der Waals surface area contributed by atoms with Gasteiger partial charge in [0.1, 0.15) is 0 Å². The van der Waals surface area contributed by atoms with Gasteiger partial charge in [0.25, 0.3) is 0 Å². The minimum atomic E-state index is -0.462. The molecule has 0 aliphatic rings. The van der Waals surface area contributed by atoms with Gasteiger partial charge in [-0.25, -0.2) is 0 Å². The Bertz CT molecular complexity index is 300. The molecule has 0 heterocycles. The van der Waals surface area contributed by atoms with E-state index in [-0.39, 0.29) is 0 Å². The molecule has 0 aromatic heterocycles. The standard InChI is InChI=1S/C7H6BrNOS/c8-4-1-2-6(11)5(3-4)7(9)10/h1-3,11H,(H2,9,10). The monoisotopic (exact) mass is 231 g/mol. The van der Waals surface area contributed by atoms with Crippen LogP contribution in [0.1, 0.15) is 10.4 Å². The Labute approximate surface area is 78.3 Å². The molecule has 0 aliphatic carbocycles. The summed E-state index contributed by atoms with van der Waals surface area (Å²) in [6.45, 7) is 0. The number of primary amides is 1. The lowest BCUT2D eigenvalue weighted by molar-refractivity contribution is 0.0997. The Morgan fingerprint density at radius 3 is 2.64 bits per heavy atom. The van der Waals surface area contributed by atoms with E-state index >= 15 is 0 Å². The molecule has 1 amide bonds. The second-order valence-electron chi connectivity index (χ2n) is 2.03. The summed E-state index contributed by atoms with van der Waals surface area (Å²) in [5.41, 5.74) is 5.51. The van der Waals surface area contributed by atoms with Gasteiger partial charge in [-0.2, -0.15) is 0 Å². The zero-order valence-corrected chi connectivity index (χ0v) is 8.02. The predicted molar refractivity (Wildman–Crippen MR) is 49.9 cm³/mol. The molecule has 58 valence electrons. The second-order valence-corrected chi connectivity index (χ2v) is 3.42. The molecule has 2 N–H and O–H groups in total. The number of carbonyl (C=O) groups excluding carboxylic acids is 1. The Kier molecular flexibility index (Phi) is 2.57. The highest BCUT2D eigenvalue weighted by molar-refractivity contribution is 9.10. The molecule has 1 aromatic carbocycles. The SMILES string of the molecule is NC(=O)c1cc(Br)ccc1S. The van der Waals surface area contributed by atoms with Gasteiger partial charge in [0.15, 0.2) is 0 Å². The van der Waals surface area contributed by atoms with Gasteiger partial charge < -0.3 is 5.73 Å². The summed E-state index contributed by atoms with van der Waals surface area (Å²) < 4.78 is 0.823. The van der Waals surface area contributed by atoms with E-state index in [4.69, 9.17) is 5.73 Å². The van der Waals surface area contributed by atoms with Crippen LogP contribution in [0.5, 0.6) is 0 Å². The Balaban J connectivity index is 3.23. The molecular formula is C7H6BrNOS. The van der Waals surface area contributed by atoms with Crippen LogP contribution < -0.4 is 5.73 Å². The van der Waals surface area contributed by atoms with Crippen molar-refractivity contribution in [3.05, 3.63) is 28.2 Å². The molecule has 0 bridgehead atoms. The summed E-state index contributed by atoms with van der Waals surface area (Å²) in [5.74, 6) is -0.462. The van der Waals surface area contributed by atoms with Crippen molar-refractivity contribution >= 4 is 34.5 Å². The first-order valence-corrected chi connectivity index (χ1v) is 4.13. The van der Waals surface area contributed by atoms with E-state index in [1.54, 1.807) is 18.2 Å². The largest absolute Gasteiger partial charge is 0.366 e. The minimum absolute atomic E-state index is 0.433. The molecule has 4 heteroatoms. The number of hydrogen-bond acceptors (Lipinski definition) is 2. The molecule has 0 fully saturated rings. The Morgan fingerprint density at radius 1 is 1.55 bits per heavy atom. The van der Waals surface area contributed by atoms with Crippen LogP contribution >= 0.6 is 28.6 Å². The van der Waals surface area contributed by atoms with Gasteiger partial charge >= 0.3 is 0 Å². The zero-order chi connectivity index (χ0) is 8.43. The number of amides is 1. The number of halogens is 1. The van der Waals surface area contributed by atoms with Gasteiger partial charge in [0, 0.05) is 9.37 Å². The van der Waals surface area contributed by atoms with Crippen LogP contribution in [0.15, 0.2) is 27.6 Å². The normalized spacial score (nSPS) is 9.64. The smallest absolute Gasteiger partial charge is 0.249 e. The number of benzene rings is 1. The van der Waals surface area contributed by atoms with Crippen LogP contribution in [0.4, 0.5) is 0 Å². The zero-order valence-electron chi connectivity index (χ0n) is 5.54. The van der Waals surface area contributed by atoms with Gasteiger partial charge in [0.2, 0.25) is 5.91 Å². The van der Waals surface area contributed by atoms with Crippen LogP contribution in [0, 0.1) is 0 Å². The topological polar surface area (TPSA) is 43.1 Å². The number of hydrogen-bond donors (Lipinski definition) is 2. The average Bonchev–Trinajstić information content (AvgIpc) is 1.94. The van der Waals surface area contributed by atoms with Crippen LogP contribution in [0.2, 0.25) is 0 Å². The van der Waals surface area contributed by atoms with Gasteiger partial charge in [-0.3, -0.25) is 4.79 Å². The van der Waals surface area contributed by atoms with Crippen LogP contribution in [-0.4, -0.2) is 5.91 Å². The summed E-state index contributed by atoms with van der Waals surface area (Å²) in [5, 5.41) is 0. The fraction of sp³-hybridized carbons (Fsp3) is 0. The summed E-state index contributed by atoms with van der Waals surface area (Å²) in [7, 11) is 0. The van der Waals surface area contributed by atoms with E-state index in [0.29, 0.717) is 10.5 Å². The molecule has 0 saturated heterocycles. The van der Waals surface area contributed by atoms with Gasteiger partial charge in [-0.15, -0.1) is 12.6 Å². The first-order chi connectivity index (χ1) is 5.11. The molecule has 1 aromatic rings. The highest BCUT2D eigenvalue weighted by Crippen LogP contribution is 2.18. The van der Waals surface area contributed by atoms with Crippen molar-refractivity contribution in [2.75, 3.05) is 0 Å². The molecule has 2 nitrogen and oxygen atoms in total. The molecule has 0 spiro atoms. The van der Waals surface area contributed by atoms with E-state index in [9.17, 15) is 4.79 Å². The van der Waals surface area contributed by atoms with Crippen molar-refractivity contribution in [1.29, 1.82) is 0 Å². The third-order valence-electron chi connectivity index (χ3n) is 1.22. The summed E-state index contributed by atoms with van der Waals surface area (Å²) in [4.78, 5) is 11.3. The number of rotatable bonds is 1. The maximum atomic E-state index is 10.7. The molecule has 0 atom stereocenters. The van der Waals surface area contributed by atoms with Crippen molar-refractivity contribution in [3.63, 3.8) is 0 Å². The average molecular weight is 232 g/mol. The number of carbonyl (C=O) groups is 1. The van der Waals surface area contributed by atoms with Gasteiger partial charge in [0.05, 0.1) is 5.56 Å². The fourth-order valence-electron chi connectivity index (χ4n) is 0.706. The highest BCUT2D eigenvalue weighted by Gasteiger charge is 2.04. The van der Waals surface area contributed by atoms with Gasteiger partial charge in [-0.1, -0.05) is 15.9 Å². The quantitative estimate of drug-likeness (QED) is 0.713. The molecule has 0 radical (unpaired) electrons. The van der Waals surface area contributed by atoms with E-state index < -0.39 is 5.91 Å². The summed E-state index contributed by atoms with van der Waals surface area (Å²) in [6.07, 6.45) is 0. The summed E-state index contributed by atoms with van der Waals surface area (Å²) >= 11 is 7.29. The molecular weight excluding hydrogens is 226 g/mol. The lowest BCUT2D eigenvalue weighted by Gasteiger charge is -1.99. The minimum Gasteiger partial charge on any atom is -0.366 e. The third kappa shape index (κ3) is 1.97. The van der Waals surface area contributed by atoms with E-state index in [1.807, 2.05) is 0 Å². The number of thiol groups is 1. The molecule has 0 aliphatic heterocycles. The maximum absolute atomic E-state index is 10.7. The second kappa shape index (κ2) is 3.28. The molecule has 1 rings (SSSR count). The van der Waals surface area contributed by atoms with Crippen molar-refractivity contribution in [2.24, 2.45) is 5.73 Å². The van der Waals surface area contributed by atoms with Crippen molar-refractivity contribution in [2.45, 2.75) is 4.90 Å². The lowest BCUT2D eigenvalue weighted by Crippen LogP contribution is -2.11. The van der Waals surface area contributed by atoms with Crippen LogP contribution in [-0.2, 0) is 0 Å². The highest BCUT2D eigenvalue weighted by atomic mass is 79.9. The van der Waals surface area contributed by atoms with Gasteiger partial charge in [-0.05, 0) is 18.2 Å². The first kappa shape index (κ1) is 8.62. The van der Waals surface area contributed by atoms with E-state index in [1.165, 1.54) is 0 Å². The number of nitrogens with two attached hydrogens (primary N) is 1. The van der Waals surface area contributed by atoms with Crippen LogP contribution in [0.3, 0.4) is 0 Å². The third-order valence-corrected chi connectivity index (χ3v) is 2.11. The Hall–Kier alpha value is -0.480. The summed E-state index contributed by atoms with van der Waals surface area (Å²) in [6, 6.07) is 5.16. The predicted octanol–water partition coefficient (Wildman–Crippen LogP) is 1.84. The maximum Gasteiger partial charge on any atom is 0.249 e. The van der Waals surface area contributed by atoms with Crippen LogP contribution in [0.25, 0.3) is 0 Å². The van der Waals surface area contributed by atoms with E-state index in [0.717, 1.165) is 4.47 Å².